The van der Waals surface area contributed by atoms with E-state index in [4.69, 9.17) is 0 Å². The predicted molar refractivity (Wildman–Crippen MR) is 111 cm³/mol. The number of hydrogen-bond acceptors (Lipinski definition) is 5. The number of carbonyl (C=O) groups is 2. The van der Waals surface area contributed by atoms with Crippen molar-refractivity contribution in [3.8, 4) is 0 Å². The Labute approximate surface area is 178 Å². The maximum atomic E-state index is 13.3. The van der Waals surface area contributed by atoms with Crippen molar-refractivity contribution in [2.75, 3.05) is 11.9 Å². The smallest absolute Gasteiger partial charge is 0.286 e. The molecule has 4 rings (SSSR count). The van der Waals surface area contributed by atoms with Crippen molar-refractivity contribution in [3.05, 3.63) is 74.4 Å². The van der Waals surface area contributed by atoms with Gasteiger partial charge in [-0.2, -0.15) is 0 Å². The zero-order chi connectivity index (χ0) is 20.4. The minimum absolute atomic E-state index is 0.0686. The van der Waals surface area contributed by atoms with E-state index in [1.807, 2.05) is 12.1 Å². The molecule has 1 fully saturated rings. The summed E-state index contributed by atoms with van der Waals surface area (Å²) in [6.07, 6.45) is 1.62. The van der Waals surface area contributed by atoms with Gasteiger partial charge < -0.3 is 10.2 Å². The van der Waals surface area contributed by atoms with Gasteiger partial charge in [0.1, 0.15) is 10.8 Å². The first-order valence-corrected chi connectivity index (χ1v) is 10.6. The molecule has 2 aromatic carbocycles. The van der Waals surface area contributed by atoms with Crippen LogP contribution in [0.1, 0.15) is 44.1 Å². The number of halogens is 2. The lowest BCUT2D eigenvalue weighted by atomic mass is 10.2. The van der Waals surface area contributed by atoms with Crippen LogP contribution in [0.5, 0.6) is 0 Å². The van der Waals surface area contributed by atoms with Gasteiger partial charge in [0.2, 0.25) is 5.01 Å². The minimum Gasteiger partial charge on any atom is -0.329 e. The Hall–Kier alpha value is -2.65. The van der Waals surface area contributed by atoms with Gasteiger partial charge in [-0.05, 0) is 55.3 Å². The van der Waals surface area contributed by atoms with Gasteiger partial charge in [0.05, 0.1) is 6.04 Å². The zero-order valence-electron chi connectivity index (χ0n) is 15.1. The van der Waals surface area contributed by atoms with Crippen molar-refractivity contribution in [3.63, 3.8) is 0 Å². The molecule has 148 valence electrons. The first-order chi connectivity index (χ1) is 14.0. The van der Waals surface area contributed by atoms with Crippen LogP contribution in [0.2, 0.25) is 0 Å². The molecule has 9 heteroatoms. The molecule has 1 aliphatic rings. The van der Waals surface area contributed by atoms with Gasteiger partial charge in [0.15, 0.2) is 0 Å². The second-order valence-electron chi connectivity index (χ2n) is 6.57. The third-order valence-corrected chi connectivity index (χ3v) is 6.16. The SMILES string of the molecule is O=C(Nc1cccc(F)c1)c1nnc(C2CCCN2C(=O)c2ccc(Br)cc2)s1. The summed E-state index contributed by atoms with van der Waals surface area (Å²) in [5.74, 6) is -0.960. The van der Waals surface area contributed by atoms with Gasteiger partial charge in [0.25, 0.3) is 11.8 Å². The fourth-order valence-corrected chi connectivity index (χ4v) is 4.39. The van der Waals surface area contributed by atoms with Gasteiger partial charge >= 0.3 is 0 Å². The summed E-state index contributed by atoms with van der Waals surface area (Å²) in [4.78, 5) is 27.1. The lowest BCUT2D eigenvalue weighted by Gasteiger charge is -2.22. The van der Waals surface area contributed by atoms with Crippen LogP contribution in [0.25, 0.3) is 0 Å². The number of amides is 2. The van der Waals surface area contributed by atoms with E-state index >= 15 is 0 Å². The average molecular weight is 475 g/mol. The third kappa shape index (κ3) is 4.35. The number of aromatic nitrogens is 2. The number of nitrogens with one attached hydrogen (secondary N) is 1. The fraction of sp³-hybridized carbons (Fsp3) is 0.200. The summed E-state index contributed by atoms with van der Waals surface area (Å²) >= 11 is 4.52. The highest BCUT2D eigenvalue weighted by Gasteiger charge is 2.33. The second-order valence-corrected chi connectivity index (χ2v) is 8.50. The first kappa shape index (κ1) is 19.7. The second kappa shape index (κ2) is 8.38. The van der Waals surface area contributed by atoms with E-state index in [-0.39, 0.29) is 17.0 Å². The Morgan fingerprint density at radius 2 is 1.97 bits per heavy atom. The van der Waals surface area contributed by atoms with Gasteiger partial charge in [-0.1, -0.05) is 33.3 Å². The molecule has 3 aromatic rings. The number of carbonyl (C=O) groups excluding carboxylic acids is 2. The van der Waals surface area contributed by atoms with Crippen LogP contribution in [-0.4, -0.2) is 33.5 Å². The molecule has 0 aliphatic carbocycles. The van der Waals surface area contributed by atoms with Gasteiger partial charge in [0, 0.05) is 22.3 Å². The Morgan fingerprint density at radius 3 is 2.72 bits per heavy atom. The van der Waals surface area contributed by atoms with Crippen LogP contribution in [0.15, 0.2) is 53.0 Å². The number of nitrogens with zero attached hydrogens (tertiary/aromatic N) is 3. The Kier molecular flexibility index (Phi) is 5.68. The van der Waals surface area contributed by atoms with Crippen molar-refractivity contribution < 1.29 is 14.0 Å². The highest BCUT2D eigenvalue weighted by Crippen LogP contribution is 2.35. The molecule has 0 spiro atoms. The monoisotopic (exact) mass is 474 g/mol. The van der Waals surface area contributed by atoms with Gasteiger partial charge in [-0.3, -0.25) is 9.59 Å². The number of hydrogen-bond donors (Lipinski definition) is 1. The molecule has 0 bridgehead atoms. The number of likely N-dealkylation sites (tertiary alicyclic amines) is 1. The third-order valence-electron chi connectivity index (χ3n) is 4.61. The molecular formula is C20H16BrFN4O2S. The van der Waals surface area contributed by atoms with Crippen LogP contribution in [-0.2, 0) is 0 Å². The highest BCUT2D eigenvalue weighted by molar-refractivity contribution is 9.10. The number of rotatable bonds is 4. The highest BCUT2D eigenvalue weighted by atomic mass is 79.9. The maximum absolute atomic E-state index is 13.3. The van der Waals surface area contributed by atoms with Crippen LogP contribution in [0.4, 0.5) is 10.1 Å². The maximum Gasteiger partial charge on any atom is 0.286 e. The standard InChI is InChI=1S/C20H16BrFN4O2S/c21-13-8-6-12(7-9-13)20(28)26-10-2-5-16(26)18-24-25-19(29-18)17(27)23-15-4-1-3-14(22)11-15/h1,3-4,6-9,11,16H,2,5,10H2,(H,23,27). The van der Waals surface area contributed by atoms with Gasteiger partial charge in [-0.25, -0.2) is 4.39 Å². The molecule has 29 heavy (non-hydrogen) atoms. The molecule has 2 amide bonds. The van der Waals surface area contributed by atoms with Crippen LogP contribution in [0.3, 0.4) is 0 Å². The van der Waals surface area contributed by atoms with E-state index in [1.165, 1.54) is 18.2 Å². The molecule has 6 nitrogen and oxygen atoms in total. The molecule has 1 aliphatic heterocycles. The summed E-state index contributed by atoms with van der Waals surface area (Å²) in [5, 5.41) is 11.5. The molecule has 1 atom stereocenters. The van der Waals surface area contributed by atoms with Crippen molar-refractivity contribution in [2.24, 2.45) is 0 Å². The Balaban J connectivity index is 1.49. The van der Waals surface area contributed by atoms with Crippen LogP contribution >= 0.6 is 27.3 Å². The molecule has 1 saturated heterocycles. The van der Waals surface area contributed by atoms with E-state index in [9.17, 15) is 14.0 Å². The average Bonchev–Trinajstić information content (AvgIpc) is 3.37. The van der Waals surface area contributed by atoms with Crippen molar-refractivity contribution in [1.82, 2.24) is 15.1 Å². The van der Waals surface area contributed by atoms with Gasteiger partial charge in [-0.15, -0.1) is 10.2 Å². The summed E-state index contributed by atoms with van der Waals surface area (Å²) < 4.78 is 14.2. The molecule has 2 heterocycles. The lowest BCUT2D eigenvalue weighted by molar-refractivity contribution is 0.0735. The molecule has 0 saturated carbocycles. The summed E-state index contributed by atoms with van der Waals surface area (Å²) in [6.45, 7) is 0.629. The fourth-order valence-electron chi connectivity index (χ4n) is 3.24. The van der Waals surface area contributed by atoms with E-state index in [0.717, 1.165) is 28.7 Å². The molecule has 0 radical (unpaired) electrons. The molecular weight excluding hydrogens is 459 g/mol. The quantitative estimate of drug-likeness (QED) is 0.595. The van der Waals surface area contributed by atoms with Crippen molar-refractivity contribution >= 4 is 44.8 Å². The summed E-state index contributed by atoms with van der Waals surface area (Å²) in [5.41, 5.74) is 0.952. The Morgan fingerprint density at radius 1 is 1.17 bits per heavy atom. The topological polar surface area (TPSA) is 75.2 Å². The van der Waals surface area contributed by atoms with E-state index in [1.54, 1.807) is 23.1 Å². The molecule has 1 aromatic heterocycles. The first-order valence-electron chi connectivity index (χ1n) is 8.98. The number of benzene rings is 2. The predicted octanol–water partition coefficient (Wildman–Crippen LogP) is 4.67. The van der Waals surface area contributed by atoms with E-state index in [0.29, 0.717) is 22.8 Å². The largest absolute Gasteiger partial charge is 0.329 e. The van der Waals surface area contributed by atoms with Crippen LogP contribution in [0, 0.1) is 5.82 Å². The summed E-state index contributed by atoms with van der Waals surface area (Å²) in [6, 6.07) is 12.7. The van der Waals surface area contributed by atoms with Crippen molar-refractivity contribution in [2.45, 2.75) is 18.9 Å². The zero-order valence-corrected chi connectivity index (χ0v) is 17.5. The molecule has 1 N–H and O–H groups in total. The normalized spacial score (nSPS) is 16.1. The summed E-state index contributed by atoms with van der Waals surface area (Å²) in [7, 11) is 0. The number of anilines is 1. The van der Waals surface area contributed by atoms with Crippen molar-refractivity contribution in [1.29, 1.82) is 0 Å². The van der Waals surface area contributed by atoms with E-state index in [2.05, 4.69) is 31.4 Å². The Bertz CT molecular complexity index is 1060. The minimum atomic E-state index is -0.455. The lowest BCUT2D eigenvalue weighted by Crippen LogP contribution is -2.30. The van der Waals surface area contributed by atoms with Crippen LogP contribution < -0.4 is 5.32 Å². The van der Waals surface area contributed by atoms with E-state index < -0.39 is 11.7 Å². The molecule has 1 unspecified atom stereocenters.